The number of carbonyl (C=O) groups is 1. The molecule has 0 spiro atoms. The van der Waals surface area contributed by atoms with Gasteiger partial charge in [-0.25, -0.2) is 9.18 Å². The Morgan fingerprint density at radius 2 is 2.17 bits per heavy atom. The number of anilines is 1. The lowest BCUT2D eigenvalue weighted by molar-refractivity contribution is 0.0333. The predicted octanol–water partition coefficient (Wildman–Crippen LogP) is 3.49. The first kappa shape index (κ1) is 16.4. The molecule has 0 bridgehead atoms. The van der Waals surface area contributed by atoms with E-state index < -0.39 is 5.67 Å². The number of benzene rings is 1. The summed E-state index contributed by atoms with van der Waals surface area (Å²) in [5.41, 5.74) is 0.961. The number of likely N-dealkylation sites (tertiary alicyclic amines) is 1. The number of nitrogens with zero attached hydrogens (tertiary/aromatic N) is 3. The average molecular weight is 332 g/mol. The van der Waals surface area contributed by atoms with Crippen LogP contribution < -0.4 is 5.32 Å². The fourth-order valence-corrected chi connectivity index (χ4v) is 2.90. The number of piperidine rings is 1. The van der Waals surface area contributed by atoms with E-state index in [1.54, 1.807) is 6.92 Å². The number of halogens is 1. The van der Waals surface area contributed by atoms with Crippen molar-refractivity contribution < 1.29 is 13.7 Å². The van der Waals surface area contributed by atoms with E-state index in [1.807, 2.05) is 32.0 Å². The van der Waals surface area contributed by atoms with Gasteiger partial charge in [-0.15, -0.1) is 0 Å². The lowest BCUT2D eigenvalue weighted by atomic mass is 9.95. The molecular formula is C17H21FN4O2. The molecule has 1 unspecified atom stereocenters. The average Bonchev–Trinajstić information content (AvgIpc) is 2.98. The van der Waals surface area contributed by atoms with Gasteiger partial charge in [0.05, 0.1) is 6.54 Å². The third kappa shape index (κ3) is 3.25. The number of amides is 2. The highest BCUT2D eigenvalue weighted by Crippen LogP contribution is 2.34. The monoisotopic (exact) mass is 332 g/mol. The maximum atomic E-state index is 15.2. The molecule has 0 aliphatic carbocycles. The van der Waals surface area contributed by atoms with Crippen LogP contribution in [0.2, 0.25) is 0 Å². The normalized spacial score (nSPS) is 20.9. The number of nitrogens with one attached hydrogen (secondary N) is 1. The molecule has 1 aliphatic rings. The zero-order chi connectivity index (χ0) is 17.3. The van der Waals surface area contributed by atoms with Crippen molar-refractivity contribution >= 4 is 11.7 Å². The van der Waals surface area contributed by atoms with Gasteiger partial charge in [-0.3, -0.25) is 0 Å². The lowest BCUT2D eigenvalue weighted by Gasteiger charge is -2.35. The fraction of sp³-hybridized carbons (Fsp3) is 0.471. The van der Waals surface area contributed by atoms with Gasteiger partial charge in [-0.05, 0) is 50.8 Å². The highest BCUT2D eigenvalue weighted by Gasteiger charge is 2.43. The summed E-state index contributed by atoms with van der Waals surface area (Å²) in [5.74, 6) is 0.336. The second-order valence-corrected chi connectivity index (χ2v) is 6.39. The van der Waals surface area contributed by atoms with Crippen LogP contribution in [-0.4, -0.2) is 34.2 Å². The third-order valence-electron chi connectivity index (χ3n) is 4.28. The summed E-state index contributed by atoms with van der Waals surface area (Å²) in [6.07, 6.45) is 0.806. The van der Waals surface area contributed by atoms with Crippen LogP contribution in [0, 0.1) is 20.8 Å². The standard InChI is InChI=1S/C17H21FN4O2/c1-11-5-6-12(2)14(9-11)20-16(23)22-8-4-7-17(18,10-22)15-19-13(3)21-24-15/h5-6,9H,4,7-8,10H2,1-3H3,(H,20,23). The van der Waals surface area contributed by atoms with Gasteiger partial charge in [0.25, 0.3) is 5.89 Å². The van der Waals surface area contributed by atoms with Crippen molar-refractivity contribution in [3.8, 4) is 0 Å². The van der Waals surface area contributed by atoms with Crippen molar-refractivity contribution in [2.24, 2.45) is 0 Å². The molecular weight excluding hydrogens is 311 g/mol. The molecule has 6 nitrogen and oxygen atoms in total. The zero-order valence-electron chi connectivity index (χ0n) is 14.1. The Balaban J connectivity index is 1.74. The molecule has 1 aromatic carbocycles. The summed E-state index contributed by atoms with van der Waals surface area (Å²) in [5, 5.41) is 6.52. The van der Waals surface area contributed by atoms with E-state index in [4.69, 9.17) is 4.52 Å². The zero-order valence-corrected chi connectivity index (χ0v) is 14.1. The van der Waals surface area contributed by atoms with E-state index in [0.29, 0.717) is 18.8 Å². The quantitative estimate of drug-likeness (QED) is 0.914. The van der Waals surface area contributed by atoms with Crippen molar-refractivity contribution in [1.29, 1.82) is 0 Å². The third-order valence-corrected chi connectivity index (χ3v) is 4.28. The van der Waals surface area contributed by atoms with Gasteiger partial charge in [0.2, 0.25) is 5.67 Å². The molecule has 0 saturated carbocycles. The number of aryl methyl sites for hydroxylation is 3. The van der Waals surface area contributed by atoms with Gasteiger partial charge in [-0.2, -0.15) is 4.98 Å². The minimum Gasteiger partial charge on any atom is -0.336 e. The number of urea groups is 1. The Labute approximate surface area is 140 Å². The summed E-state index contributed by atoms with van der Waals surface area (Å²) in [6, 6.07) is 5.51. The van der Waals surface area contributed by atoms with Crippen LogP contribution in [0.1, 0.15) is 35.7 Å². The van der Waals surface area contributed by atoms with Gasteiger partial charge in [-0.1, -0.05) is 17.3 Å². The molecule has 1 aromatic heterocycles. The predicted molar refractivity (Wildman–Crippen MR) is 87.6 cm³/mol. The first-order chi connectivity index (χ1) is 11.4. The van der Waals surface area contributed by atoms with Gasteiger partial charge in [0.1, 0.15) is 0 Å². The van der Waals surface area contributed by atoms with Crippen LogP contribution >= 0.6 is 0 Å². The van der Waals surface area contributed by atoms with E-state index in [-0.39, 0.29) is 24.9 Å². The Kier molecular flexibility index (Phi) is 4.26. The summed E-state index contributed by atoms with van der Waals surface area (Å²) in [4.78, 5) is 18.0. The number of carbonyl (C=O) groups excluding carboxylic acids is 1. The first-order valence-corrected chi connectivity index (χ1v) is 8.00. The minimum absolute atomic E-state index is 0.0516. The number of hydrogen-bond donors (Lipinski definition) is 1. The molecule has 1 fully saturated rings. The lowest BCUT2D eigenvalue weighted by Crippen LogP contribution is -2.48. The second-order valence-electron chi connectivity index (χ2n) is 6.39. The Hall–Kier alpha value is -2.44. The Morgan fingerprint density at radius 1 is 1.38 bits per heavy atom. The molecule has 2 amide bonds. The van der Waals surface area contributed by atoms with Crippen LogP contribution in [0.3, 0.4) is 0 Å². The van der Waals surface area contributed by atoms with E-state index in [2.05, 4.69) is 15.5 Å². The van der Waals surface area contributed by atoms with E-state index in [0.717, 1.165) is 16.8 Å². The van der Waals surface area contributed by atoms with Gasteiger partial charge < -0.3 is 14.7 Å². The van der Waals surface area contributed by atoms with E-state index in [9.17, 15) is 4.79 Å². The van der Waals surface area contributed by atoms with Crippen molar-refractivity contribution in [2.75, 3.05) is 18.4 Å². The molecule has 0 radical (unpaired) electrons. The molecule has 7 heteroatoms. The molecule has 24 heavy (non-hydrogen) atoms. The highest BCUT2D eigenvalue weighted by atomic mass is 19.1. The summed E-state index contributed by atoms with van der Waals surface area (Å²) in [6.45, 7) is 5.93. The number of hydrogen-bond acceptors (Lipinski definition) is 4. The second kappa shape index (κ2) is 6.22. The Bertz CT molecular complexity index is 761. The SMILES string of the molecule is Cc1ccc(C)c(NC(=O)N2CCCC(F)(c3nc(C)no3)C2)c1. The van der Waals surface area contributed by atoms with Crippen LogP contribution in [0.25, 0.3) is 0 Å². The van der Waals surface area contributed by atoms with Crippen molar-refractivity contribution in [3.63, 3.8) is 0 Å². The molecule has 3 rings (SSSR count). The maximum Gasteiger partial charge on any atom is 0.321 e. The molecule has 1 atom stereocenters. The highest BCUT2D eigenvalue weighted by molar-refractivity contribution is 5.90. The van der Waals surface area contributed by atoms with E-state index in [1.165, 1.54) is 4.90 Å². The molecule has 1 saturated heterocycles. The maximum absolute atomic E-state index is 15.2. The van der Waals surface area contributed by atoms with Crippen LogP contribution in [0.4, 0.5) is 14.9 Å². The molecule has 1 aliphatic heterocycles. The minimum atomic E-state index is -1.79. The van der Waals surface area contributed by atoms with Crippen LogP contribution in [-0.2, 0) is 5.67 Å². The van der Waals surface area contributed by atoms with Crippen LogP contribution in [0.15, 0.2) is 22.7 Å². The van der Waals surface area contributed by atoms with Crippen molar-refractivity contribution in [1.82, 2.24) is 15.0 Å². The van der Waals surface area contributed by atoms with E-state index >= 15 is 4.39 Å². The summed E-state index contributed by atoms with van der Waals surface area (Å²) < 4.78 is 20.2. The number of alkyl halides is 1. The van der Waals surface area contributed by atoms with Gasteiger partial charge in [0.15, 0.2) is 5.82 Å². The Morgan fingerprint density at radius 3 is 2.88 bits per heavy atom. The summed E-state index contributed by atoms with van der Waals surface area (Å²) >= 11 is 0. The fourth-order valence-electron chi connectivity index (χ4n) is 2.90. The van der Waals surface area contributed by atoms with Gasteiger partial charge in [0, 0.05) is 12.2 Å². The first-order valence-electron chi connectivity index (χ1n) is 8.00. The number of rotatable bonds is 2. The number of aromatic nitrogens is 2. The topological polar surface area (TPSA) is 71.3 Å². The van der Waals surface area contributed by atoms with Crippen molar-refractivity contribution in [3.05, 3.63) is 41.0 Å². The molecule has 1 N–H and O–H groups in total. The molecule has 128 valence electrons. The van der Waals surface area contributed by atoms with Crippen molar-refractivity contribution in [2.45, 2.75) is 39.3 Å². The molecule has 2 heterocycles. The van der Waals surface area contributed by atoms with Crippen LogP contribution in [0.5, 0.6) is 0 Å². The van der Waals surface area contributed by atoms with Gasteiger partial charge >= 0.3 is 6.03 Å². The molecule has 2 aromatic rings. The summed E-state index contributed by atoms with van der Waals surface area (Å²) in [7, 11) is 0. The largest absolute Gasteiger partial charge is 0.336 e. The smallest absolute Gasteiger partial charge is 0.321 e.